The second-order valence-corrected chi connectivity index (χ2v) is 6.72. The minimum absolute atomic E-state index is 0.483. The Kier molecular flexibility index (Phi) is 6.59. The number of hydrogen-bond donors (Lipinski definition) is 1. The molecule has 1 aromatic carbocycles. The lowest BCUT2D eigenvalue weighted by atomic mass is 10.0. The van der Waals surface area contributed by atoms with Gasteiger partial charge in [0.05, 0.1) is 11.0 Å². The molecule has 1 aromatic heterocycles. The fraction of sp³-hybridized carbons (Fsp3) is 0.600. The Labute approximate surface area is 151 Å². The Morgan fingerprint density at radius 2 is 1.76 bits per heavy atom. The molecule has 0 aliphatic carbocycles. The number of aromatic nitrogens is 2. The molecule has 1 N–H and O–H groups in total. The molecule has 1 aliphatic heterocycles. The van der Waals surface area contributed by atoms with Gasteiger partial charge in [0.15, 0.2) is 11.3 Å². The van der Waals surface area contributed by atoms with Crippen LogP contribution >= 0.6 is 0 Å². The molecular formula is C20H33N5. The third kappa shape index (κ3) is 4.03. The Balaban J connectivity index is 0.00000109. The highest BCUT2D eigenvalue weighted by molar-refractivity contribution is 5.77. The van der Waals surface area contributed by atoms with Crippen LogP contribution in [0.4, 0.5) is 5.82 Å². The fourth-order valence-electron chi connectivity index (χ4n) is 3.19. The van der Waals surface area contributed by atoms with Crippen molar-refractivity contribution >= 4 is 16.9 Å². The minimum Gasteiger partial charge on any atom is -0.351 e. The molecule has 0 amide bonds. The second-order valence-electron chi connectivity index (χ2n) is 6.72. The van der Waals surface area contributed by atoms with Gasteiger partial charge >= 0.3 is 0 Å². The number of aryl methyl sites for hydroxylation is 1. The molecule has 1 fully saturated rings. The van der Waals surface area contributed by atoms with Crippen molar-refractivity contribution in [3.8, 4) is 0 Å². The van der Waals surface area contributed by atoms with Crippen molar-refractivity contribution in [2.45, 2.75) is 47.1 Å². The molecule has 0 saturated carbocycles. The molecule has 5 heteroatoms. The number of hydrogen-bond acceptors (Lipinski definition) is 4. The maximum Gasteiger partial charge on any atom is 0.172 e. The van der Waals surface area contributed by atoms with Crippen molar-refractivity contribution in [3.63, 3.8) is 0 Å². The lowest BCUT2D eigenvalue weighted by molar-refractivity contribution is 0.311. The van der Waals surface area contributed by atoms with Crippen LogP contribution in [0.1, 0.15) is 46.1 Å². The molecule has 0 bridgehead atoms. The number of rotatable bonds is 3. The molecule has 1 saturated heterocycles. The first kappa shape index (κ1) is 19.4. The number of benzene rings is 1. The van der Waals surface area contributed by atoms with E-state index in [9.17, 15) is 0 Å². The Hall–Kier alpha value is -1.88. The molecule has 138 valence electrons. The monoisotopic (exact) mass is 343 g/mol. The van der Waals surface area contributed by atoms with Gasteiger partial charge in [0.2, 0.25) is 0 Å². The van der Waals surface area contributed by atoms with E-state index in [0.717, 1.165) is 49.6 Å². The average Bonchev–Trinajstić information content (AvgIpc) is 2.63. The van der Waals surface area contributed by atoms with Gasteiger partial charge in [-0.2, -0.15) is 0 Å². The van der Waals surface area contributed by atoms with Crippen LogP contribution in [0.15, 0.2) is 18.2 Å². The topological polar surface area (TPSA) is 48.2 Å². The number of nitrogens with one attached hydrogen (secondary N) is 1. The van der Waals surface area contributed by atoms with Crippen molar-refractivity contribution in [2.75, 3.05) is 38.1 Å². The molecule has 2 aromatic rings. The lowest BCUT2D eigenvalue weighted by Gasteiger charge is -2.33. The summed E-state index contributed by atoms with van der Waals surface area (Å²) in [7, 11) is 2.15. The highest BCUT2D eigenvalue weighted by Crippen LogP contribution is 2.21. The van der Waals surface area contributed by atoms with Gasteiger partial charge in [-0.15, -0.1) is 0 Å². The summed E-state index contributed by atoms with van der Waals surface area (Å²) in [5.41, 5.74) is 3.89. The molecule has 5 nitrogen and oxygen atoms in total. The predicted octanol–water partition coefficient (Wildman–Crippen LogP) is 3.44. The molecule has 3 rings (SSSR count). The summed E-state index contributed by atoms with van der Waals surface area (Å²) in [6.45, 7) is 15.2. The standard InChI is InChI=1S/C18H27N5.C2H6/c1-5-23-16-12-14(13(2)3)6-7-15(16)20-18(17(23)19)22-10-8-21(4)9-11-22;1-2/h6-7,12-13,19H,5,8-11H2,1-4H3;1-2H3. The summed E-state index contributed by atoms with van der Waals surface area (Å²) < 4.78 is 2.09. The summed E-state index contributed by atoms with van der Waals surface area (Å²) in [4.78, 5) is 9.41. The van der Waals surface area contributed by atoms with E-state index in [1.54, 1.807) is 0 Å². The smallest absolute Gasteiger partial charge is 0.172 e. The summed E-state index contributed by atoms with van der Waals surface area (Å²) in [5.74, 6) is 1.31. The molecule has 0 unspecified atom stereocenters. The van der Waals surface area contributed by atoms with Gasteiger partial charge in [0.25, 0.3) is 0 Å². The van der Waals surface area contributed by atoms with Gasteiger partial charge < -0.3 is 14.4 Å². The Bertz CT molecular complexity index is 755. The highest BCUT2D eigenvalue weighted by atomic mass is 15.3. The molecular weight excluding hydrogens is 310 g/mol. The van der Waals surface area contributed by atoms with E-state index in [2.05, 4.69) is 60.4 Å². The van der Waals surface area contributed by atoms with Crippen LogP contribution in [-0.4, -0.2) is 47.7 Å². The summed E-state index contributed by atoms with van der Waals surface area (Å²) >= 11 is 0. The van der Waals surface area contributed by atoms with Crippen LogP contribution in [0, 0.1) is 5.41 Å². The zero-order valence-electron chi connectivity index (χ0n) is 16.6. The van der Waals surface area contributed by atoms with Crippen LogP contribution in [-0.2, 0) is 6.54 Å². The molecule has 1 aliphatic rings. The first-order valence-corrected chi connectivity index (χ1v) is 9.53. The maximum atomic E-state index is 8.64. The van der Waals surface area contributed by atoms with Crippen LogP contribution in [0.25, 0.3) is 11.0 Å². The minimum atomic E-state index is 0.483. The van der Waals surface area contributed by atoms with Crippen molar-refractivity contribution in [1.82, 2.24) is 14.5 Å². The third-order valence-electron chi connectivity index (χ3n) is 4.78. The first-order valence-electron chi connectivity index (χ1n) is 9.53. The van der Waals surface area contributed by atoms with Crippen molar-refractivity contribution in [3.05, 3.63) is 29.3 Å². The van der Waals surface area contributed by atoms with E-state index >= 15 is 0 Å². The Morgan fingerprint density at radius 3 is 2.32 bits per heavy atom. The largest absolute Gasteiger partial charge is 0.351 e. The molecule has 0 radical (unpaired) electrons. The van der Waals surface area contributed by atoms with Crippen molar-refractivity contribution < 1.29 is 0 Å². The van der Waals surface area contributed by atoms with Crippen LogP contribution in [0.2, 0.25) is 0 Å². The van der Waals surface area contributed by atoms with Gasteiger partial charge in [0.1, 0.15) is 0 Å². The van der Waals surface area contributed by atoms with E-state index in [4.69, 9.17) is 10.4 Å². The molecule has 25 heavy (non-hydrogen) atoms. The summed E-state index contributed by atoms with van der Waals surface area (Å²) in [6, 6.07) is 6.47. The second kappa shape index (κ2) is 8.48. The van der Waals surface area contributed by atoms with Gasteiger partial charge in [-0.05, 0) is 37.6 Å². The quantitative estimate of drug-likeness (QED) is 0.929. The van der Waals surface area contributed by atoms with E-state index in [0.29, 0.717) is 11.4 Å². The first-order chi connectivity index (χ1) is 12.0. The molecule has 0 atom stereocenters. The van der Waals surface area contributed by atoms with E-state index < -0.39 is 0 Å². The van der Waals surface area contributed by atoms with E-state index in [1.165, 1.54) is 5.56 Å². The number of likely N-dealkylation sites (N-methyl/N-ethyl adjacent to an activating group) is 1. The van der Waals surface area contributed by atoms with Crippen LogP contribution in [0.3, 0.4) is 0 Å². The van der Waals surface area contributed by atoms with Crippen LogP contribution < -0.4 is 10.4 Å². The number of nitrogens with zero attached hydrogens (tertiary/aromatic N) is 4. The number of fused-ring (bicyclic) bond motifs is 1. The SMILES string of the molecule is CC.CCn1c(=N)c(N2CCN(C)CC2)nc2ccc(C(C)C)cc21. The summed E-state index contributed by atoms with van der Waals surface area (Å²) in [6.07, 6.45) is 0. The highest BCUT2D eigenvalue weighted by Gasteiger charge is 2.19. The van der Waals surface area contributed by atoms with Gasteiger partial charge in [0, 0.05) is 32.7 Å². The zero-order chi connectivity index (χ0) is 18.6. The van der Waals surface area contributed by atoms with Gasteiger partial charge in [-0.25, -0.2) is 4.98 Å². The Morgan fingerprint density at radius 1 is 1.12 bits per heavy atom. The summed E-state index contributed by atoms with van der Waals surface area (Å²) in [5, 5.41) is 8.64. The third-order valence-corrected chi connectivity index (χ3v) is 4.78. The molecule has 0 spiro atoms. The number of piperazine rings is 1. The van der Waals surface area contributed by atoms with Gasteiger partial charge in [-0.1, -0.05) is 33.8 Å². The number of anilines is 1. The zero-order valence-corrected chi connectivity index (χ0v) is 16.6. The van der Waals surface area contributed by atoms with E-state index in [1.807, 2.05) is 13.8 Å². The maximum absolute atomic E-state index is 8.64. The normalized spacial score (nSPS) is 15.4. The fourth-order valence-corrected chi connectivity index (χ4v) is 3.19. The predicted molar refractivity (Wildman–Crippen MR) is 106 cm³/mol. The average molecular weight is 344 g/mol. The van der Waals surface area contributed by atoms with Crippen molar-refractivity contribution in [2.24, 2.45) is 0 Å². The van der Waals surface area contributed by atoms with Gasteiger partial charge in [-0.3, -0.25) is 5.41 Å². The van der Waals surface area contributed by atoms with Crippen LogP contribution in [0.5, 0.6) is 0 Å². The van der Waals surface area contributed by atoms with Crippen molar-refractivity contribution in [1.29, 1.82) is 5.41 Å². The molecule has 2 heterocycles. The lowest BCUT2D eigenvalue weighted by Crippen LogP contribution is -2.47. The van der Waals surface area contributed by atoms with E-state index in [-0.39, 0.29) is 0 Å².